The highest BCUT2D eigenvalue weighted by Gasteiger charge is 2.12. The Hall–Kier alpha value is -0.830. The van der Waals surface area contributed by atoms with Crippen molar-refractivity contribution in [3.8, 4) is 0 Å². The first kappa shape index (κ1) is 11.2. The molecule has 0 amide bonds. The maximum absolute atomic E-state index is 10.4. The van der Waals surface area contributed by atoms with Gasteiger partial charge in [-0.25, -0.2) is 4.79 Å². The molecule has 70 valence electrons. The molecule has 0 saturated heterocycles. The second kappa shape index (κ2) is 5.77. The number of aliphatic carboxylic acids is 1. The molecular formula is C9H16O3. The van der Waals surface area contributed by atoms with Crippen LogP contribution in [-0.4, -0.2) is 24.3 Å². The molecular weight excluding hydrogens is 156 g/mol. The predicted molar refractivity (Wildman–Crippen MR) is 47.0 cm³/mol. The van der Waals surface area contributed by atoms with Gasteiger partial charge in [-0.2, -0.15) is 0 Å². The van der Waals surface area contributed by atoms with Crippen molar-refractivity contribution in [2.75, 3.05) is 13.2 Å². The molecule has 0 saturated carbocycles. The van der Waals surface area contributed by atoms with E-state index in [-0.39, 0.29) is 11.5 Å². The molecule has 0 radical (unpaired) electrons. The average molecular weight is 172 g/mol. The lowest BCUT2D eigenvalue weighted by Gasteiger charge is -2.10. The number of hydrogen-bond acceptors (Lipinski definition) is 2. The maximum atomic E-state index is 10.4. The lowest BCUT2D eigenvalue weighted by molar-refractivity contribution is -0.133. The summed E-state index contributed by atoms with van der Waals surface area (Å²) in [5.41, 5.74) is 0.259. The van der Waals surface area contributed by atoms with Gasteiger partial charge in [0, 0.05) is 18.8 Å². The number of hydrogen-bond donors (Lipinski definition) is 1. The Balaban J connectivity index is 3.64. The standard InChI is InChI=1S/C9H16O3/c1-4-12-6-5-7(2)8(3)9(10)11/h7H,3-6H2,1-2H3,(H,10,11). The van der Waals surface area contributed by atoms with Crippen LogP contribution in [0, 0.1) is 5.92 Å². The van der Waals surface area contributed by atoms with Crippen molar-refractivity contribution in [3.63, 3.8) is 0 Å². The molecule has 3 nitrogen and oxygen atoms in total. The van der Waals surface area contributed by atoms with E-state index in [1.165, 1.54) is 0 Å². The topological polar surface area (TPSA) is 46.5 Å². The van der Waals surface area contributed by atoms with Crippen molar-refractivity contribution in [2.45, 2.75) is 20.3 Å². The van der Waals surface area contributed by atoms with Gasteiger partial charge in [0.05, 0.1) is 0 Å². The first-order chi connectivity index (χ1) is 5.59. The summed E-state index contributed by atoms with van der Waals surface area (Å²) >= 11 is 0. The van der Waals surface area contributed by atoms with E-state index in [1.54, 1.807) is 0 Å². The third-order valence-corrected chi connectivity index (χ3v) is 1.77. The molecule has 0 bridgehead atoms. The van der Waals surface area contributed by atoms with E-state index < -0.39 is 5.97 Å². The van der Waals surface area contributed by atoms with Crippen LogP contribution in [0.2, 0.25) is 0 Å². The van der Waals surface area contributed by atoms with E-state index in [1.807, 2.05) is 13.8 Å². The van der Waals surface area contributed by atoms with Gasteiger partial charge in [-0.1, -0.05) is 13.5 Å². The van der Waals surface area contributed by atoms with Gasteiger partial charge in [-0.15, -0.1) is 0 Å². The minimum Gasteiger partial charge on any atom is -0.478 e. The number of ether oxygens (including phenoxy) is 1. The Kier molecular flexibility index (Phi) is 5.37. The van der Waals surface area contributed by atoms with E-state index in [9.17, 15) is 4.79 Å². The minimum absolute atomic E-state index is 0.00551. The maximum Gasteiger partial charge on any atom is 0.331 e. The Morgan fingerprint density at radius 2 is 2.25 bits per heavy atom. The molecule has 0 heterocycles. The average Bonchev–Trinajstić information content (AvgIpc) is 2.03. The van der Waals surface area contributed by atoms with E-state index in [4.69, 9.17) is 9.84 Å². The van der Waals surface area contributed by atoms with Gasteiger partial charge in [0.2, 0.25) is 0 Å². The van der Waals surface area contributed by atoms with Gasteiger partial charge in [-0.05, 0) is 19.3 Å². The van der Waals surface area contributed by atoms with Crippen LogP contribution in [0.15, 0.2) is 12.2 Å². The third-order valence-electron chi connectivity index (χ3n) is 1.77. The molecule has 0 aromatic heterocycles. The van der Waals surface area contributed by atoms with E-state index in [0.29, 0.717) is 13.2 Å². The summed E-state index contributed by atoms with van der Waals surface area (Å²) in [5, 5.41) is 8.57. The SMILES string of the molecule is C=C(C(=O)O)C(C)CCOCC. The number of carboxylic acid groups (broad SMARTS) is 1. The molecule has 1 N–H and O–H groups in total. The summed E-state index contributed by atoms with van der Waals surface area (Å²) in [6.07, 6.45) is 0.721. The molecule has 0 rings (SSSR count). The van der Waals surface area contributed by atoms with Crippen molar-refractivity contribution in [1.29, 1.82) is 0 Å². The molecule has 1 unspecified atom stereocenters. The van der Waals surface area contributed by atoms with Crippen LogP contribution in [0.25, 0.3) is 0 Å². The highest BCUT2D eigenvalue weighted by molar-refractivity contribution is 5.86. The van der Waals surface area contributed by atoms with Crippen LogP contribution in [0.5, 0.6) is 0 Å². The summed E-state index contributed by atoms with van der Waals surface area (Å²) in [5.74, 6) is -0.923. The highest BCUT2D eigenvalue weighted by Crippen LogP contribution is 2.12. The highest BCUT2D eigenvalue weighted by atomic mass is 16.5. The Morgan fingerprint density at radius 1 is 1.67 bits per heavy atom. The normalized spacial score (nSPS) is 12.5. The minimum atomic E-state index is -0.918. The third kappa shape index (κ3) is 4.13. The smallest absolute Gasteiger partial charge is 0.331 e. The fraction of sp³-hybridized carbons (Fsp3) is 0.667. The summed E-state index contributed by atoms with van der Waals surface area (Å²) in [6, 6.07) is 0. The van der Waals surface area contributed by atoms with Gasteiger partial charge in [-0.3, -0.25) is 0 Å². The number of carbonyl (C=O) groups is 1. The van der Waals surface area contributed by atoms with Crippen LogP contribution >= 0.6 is 0 Å². The van der Waals surface area contributed by atoms with Crippen LogP contribution in [0.1, 0.15) is 20.3 Å². The molecule has 0 aliphatic rings. The number of carboxylic acids is 1. The van der Waals surface area contributed by atoms with Gasteiger partial charge >= 0.3 is 5.97 Å². The molecule has 0 spiro atoms. The second-order valence-corrected chi connectivity index (χ2v) is 2.72. The van der Waals surface area contributed by atoms with Gasteiger partial charge < -0.3 is 9.84 Å². The zero-order chi connectivity index (χ0) is 9.56. The summed E-state index contributed by atoms with van der Waals surface area (Å²) < 4.78 is 5.10. The molecule has 0 aliphatic carbocycles. The molecule has 0 aliphatic heterocycles. The second-order valence-electron chi connectivity index (χ2n) is 2.72. The molecule has 0 aromatic carbocycles. The first-order valence-electron chi connectivity index (χ1n) is 4.09. The zero-order valence-corrected chi connectivity index (χ0v) is 7.67. The Bertz CT molecular complexity index is 163. The summed E-state index contributed by atoms with van der Waals surface area (Å²) in [4.78, 5) is 10.4. The van der Waals surface area contributed by atoms with Crippen molar-refractivity contribution in [2.24, 2.45) is 5.92 Å². The largest absolute Gasteiger partial charge is 0.478 e. The van der Waals surface area contributed by atoms with Crippen molar-refractivity contribution in [1.82, 2.24) is 0 Å². The Labute approximate surface area is 73.0 Å². The lowest BCUT2D eigenvalue weighted by atomic mass is 10.00. The van der Waals surface area contributed by atoms with Crippen molar-refractivity contribution < 1.29 is 14.6 Å². The zero-order valence-electron chi connectivity index (χ0n) is 7.67. The molecule has 0 fully saturated rings. The molecule has 0 aromatic rings. The monoisotopic (exact) mass is 172 g/mol. The van der Waals surface area contributed by atoms with Crippen LogP contribution in [0.4, 0.5) is 0 Å². The van der Waals surface area contributed by atoms with Crippen LogP contribution in [-0.2, 0) is 9.53 Å². The van der Waals surface area contributed by atoms with Crippen molar-refractivity contribution >= 4 is 5.97 Å². The molecule has 12 heavy (non-hydrogen) atoms. The fourth-order valence-corrected chi connectivity index (χ4v) is 0.789. The molecule has 1 atom stereocenters. The summed E-state index contributed by atoms with van der Waals surface area (Å²) in [6.45, 7) is 8.51. The predicted octanol–water partition coefficient (Wildman–Crippen LogP) is 1.69. The quantitative estimate of drug-likeness (QED) is 0.490. The first-order valence-corrected chi connectivity index (χ1v) is 4.09. The Morgan fingerprint density at radius 3 is 2.67 bits per heavy atom. The van der Waals surface area contributed by atoms with Crippen molar-refractivity contribution in [3.05, 3.63) is 12.2 Å². The van der Waals surface area contributed by atoms with Crippen LogP contribution in [0.3, 0.4) is 0 Å². The molecule has 3 heteroatoms. The van der Waals surface area contributed by atoms with Gasteiger partial charge in [0.15, 0.2) is 0 Å². The van der Waals surface area contributed by atoms with Gasteiger partial charge in [0.25, 0.3) is 0 Å². The summed E-state index contributed by atoms with van der Waals surface area (Å²) in [7, 11) is 0. The van der Waals surface area contributed by atoms with Crippen LogP contribution < -0.4 is 0 Å². The fourth-order valence-electron chi connectivity index (χ4n) is 0.789. The number of rotatable bonds is 6. The van der Waals surface area contributed by atoms with E-state index >= 15 is 0 Å². The lowest BCUT2D eigenvalue weighted by Crippen LogP contribution is -2.10. The van der Waals surface area contributed by atoms with Gasteiger partial charge in [0.1, 0.15) is 0 Å². The van der Waals surface area contributed by atoms with E-state index in [0.717, 1.165) is 6.42 Å². The van der Waals surface area contributed by atoms with E-state index in [2.05, 4.69) is 6.58 Å².